The molecule has 8 heteroatoms. The number of phosphoric acid groups is 1. The van der Waals surface area contributed by atoms with Crippen molar-refractivity contribution in [2.45, 2.75) is 103 Å². The summed E-state index contributed by atoms with van der Waals surface area (Å²) in [6, 6.07) is 7.32. The summed E-state index contributed by atoms with van der Waals surface area (Å²) in [6.45, 7) is 2.02. The molecule has 1 aromatic rings. The molecule has 0 aliphatic heterocycles. The summed E-state index contributed by atoms with van der Waals surface area (Å²) in [4.78, 5) is 30.4. The first-order chi connectivity index (χ1) is 16.3. The van der Waals surface area contributed by atoms with Crippen LogP contribution in [0.5, 0.6) is 0 Å². The lowest BCUT2D eigenvalue weighted by atomic mass is 10.1. The second-order valence-corrected chi connectivity index (χ2v) is 11.3. The smallest absolute Gasteiger partial charge is 0.351 e. The first kappa shape index (κ1) is 31.3. The maximum Gasteiger partial charge on any atom is 0.469 e. The van der Waals surface area contributed by atoms with Gasteiger partial charge in [-0.1, -0.05) is 76.2 Å². The van der Waals surface area contributed by atoms with Gasteiger partial charge in [0.2, 0.25) is 5.91 Å². The van der Waals surface area contributed by atoms with Crippen molar-refractivity contribution >= 4 is 36.3 Å². The summed E-state index contributed by atoms with van der Waals surface area (Å²) >= 11 is 2.22. The van der Waals surface area contributed by atoms with Gasteiger partial charge in [-0.05, 0) is 78.8 Å². The number of rotatable bonds is 20. The number of amides is 1. The number of benzene rings is 1. The maximum atomic E-state index is 12.4. The minimum absolute atomic E-state index is 0.108. The summed E-state index contributed by atoms with van der Waals surface area (Å²) in [7, 11) is -4.59. The quantitative estimate of drug-likeness (QED) is 0.0638. The fraction of sp³-hybridized carbons (Fsp3) is 0.654. The Labute approximate surface area is 219 Å². The van der Waals surface area contributed by atoms with Crippen molar-refractivity contribution in [3.8, 4) is 0 Å². The number of nitrogens with one attached hydrogen (secondary N) is 1. The molecule has 0 heterocycles. The zero-order chi connectivity index (χ0) is 25.1. The van der Waals surface area contributed by atoms with E-state index >= 15 is 0 Å². The highest BCUT2D eigenvalue weighted by atomic mass is 127. The minimum atomic E-state index is -4.59. The van der Waals surface area contributed by atoms with Gasteiger partial charge in [-0.15, -0.1) is 0 Å². The van der Waals surface area contributed by atoms with Gasteiger partial charge in [0, 0.05) is 9.99 Å². The van der Waals surface area contributed by atoms with E-state index in [1.165, 1.54) is 44.9 Å². The number of unbranched alkanes of at least 4 members (excludes halogenated alkanes) is 10. The van der Waals surface area contributed by atoms with E-state index in [1.807, 2.05) is 24.3 Å². The van der Waals surface area contributed by atoms with Crippen molar-refractivity contribution in [3.63, 3.8) is 0 Å². The summed E-state index contributed by atoms with van der Waals surface area (Å²) < 4.78 is 16.8. The molecule has 1 rings (SSSR count). The minimum Gasteiger partial charge on any atom is -0.351 e. The Hall–Kier alpha value is -0.730. The third-order valence-electron chi connectivity index (χ3n) is 5.62. The van der Waals surface area contributed by atoms with Crippen LogP contribution in [0.25, 0.3) is 0 Å². The average Bonchev–Trinajstić information content (AvgIpc) is 2.78. The third kappa shape index (κ3) is 18.6. The van der Waals surface area contributed by atoms with Crippen LogP contribution < -0.4 is 5.32 Å². The van der Waals surface area contributed by atoms with Gasteiger partial charge in [-0.25, -0.2) is 4.57 Å². The molecule has 0 unspecified atom stereocenters. The van der Waals surface area contributed by atoms with E-state index in [0.717, 1.165) is 41.2 Å². The molecule has 0 aliphatic rings. The number of carbonyl (C=O) groups is 1. The molecular weight excluding hydrogens is 564 g/mol. The van der Waals surface area contributed by atoms with Crippen LogP contribution in [0, 0.1) is 3.57 Å². The predicted molar refractivity (Wildman–Crippen MR) is 148 cm³/mol. The van der Waals surface area contributed by atoms with E-state index in [0.29, 0.717) is 12.8 Å². The highest BCUT2D eigenvalue weighted by Crippen LogP contribution is 2.35. The fourth-order valence-electron chi connectivity index (χ4n) is 3.72. The maximum absolute atomic E-state index is 12.4. The van der Waals surface area contributed by atoms with Crippen LogP contribution in [-0.4, -0.2) is 28.3 Å². The number of hydrogen-bond donors (Lipinski definition) is 3. The Morgan fingerprint density at radius 3 is 2.12 bits per heavy atom. The zero-order valence-corrected chi connectivity index (χ0v) is 23.6. The molecular formula is C26H43INO5P. The molecule has 0 fully saturated rings. The molecule has 6 nitrogen and oxygen atoms in total. The van der Waals surface area contributed by atoms with Crippen LogP contribution in [0.1, 0.15) is 96.0 Å². The Balaban J connectivity index is 2.19. The lowest BCUT2D eigenvalue weighted by molar-refractivity contribution is -0.122. The van der Waals surface area contributed by atoms with E-state index in [1.54, 1.807) is 0 Å². The average molecular weight is 608 g/mol. The van der Waals surface area contributed by atoms with Crippen molar-refractivity contribution in [1.29, 1.82) is 0 Å². The van der Waals surface area contributed by atoms with Gasteiger partial charge < -0.3 is 15.1 Å². The zero-order valence-electron chi connectivity index (χ0n) is 20.6. The van der Waals surface area contributed by atoms with Crippen molar-refractivity contribution in [2.75, 3.05) is 6.61 Å². The Morgan fingerprint density at radius 1 is 0.971 bits per heavy atom. The number of halogens is 1. The van der Waals surface area contributed by atoms with Crippen molar-refractivity contribution in [2.24, 2.45) is 0 Å². The number of carbonyl (C=O) groups excluding carboxylic acids is 1. The van der Waals surface area contributed by atoms with E-state index in [-0.39, 0.29) is 12.5 Å². The number of phosphoric ester groups is 1. The van der Waals surface area contributed by atoms with E-state index in [9.17, 15) is 9.36 Å². The number of hydrogen-bond acceptors (Lipinski definition) is 3. The summed E-state index contributed by atoms with van der Waals surface area (Å²) in [5.74, 6) is -0.108. The molecule has 1 aromatic carbocycles. The van der Waals surface area contributed by atoms with Crippen LogP contribution in [0.2, 0.25) is 0 Å². The normalized spacial score (nSPS) is 12.8. The molecule has 0 saturated carbocycles. The molecule has 0 radical (unpaired) electrons. The van der Waals surface area contributed by atoms with Gasteiger partial charge in [0.05, 0.1) is 12.6 Å². The van der Waals surface area contributed by atoms with Crippen LogP contribution in [0.4, 0.5) is 0 Å². The topological polar surface area (TPSA) is 95.9 Å². The third-order valence-corrected chi connectivity index (χ3v) is 6.82. The molecule has 0 aliphatic carbocycles. The Bertz CT molecular complexity index is 735. The molecule has 34 heavy (non-hydrogen) atoms. The van der Waals surface area contributed by atoms with Crippen molar-refractivity contribution < 1.29 is 23.7 Å². The number of allylic oxidation sites excluding steroid dienone is 2. The fourth-order valence-corrected chi connectivity index (χ4v) is 4.46. The van der Waals surface area contributed by atoms with Gasteiger partial charge in [0.25, 0.3) is 0 Å². The molecule has 1 atom stereocenters. The molecule has 1 amide bonds. The molecule has 0 spiro atoms. The van der Waals surface area contributed by atoms with E-state index < -0.39 is 13.9 Å². The van der Waals surface area contributed by atoms with Crippen LogP contribution in [0.3, 0.4) is 0 Å². The van der Waals surface area contributed by atoms with Gasteiger partial charge in [0.15, 0.2) is 0 Å². The Kier molecular flexibility index (Phi) is 17.9. The highest BCUT2D eigenvalue weighted by molar-refractivity contribution is 14.1. The molecule has 3 N–H and O–H groups in total. The van der Waals surface area contributed by atoms with Crippen molar-refractivity contribution in [1.82, 2.24) is 5.32 Å². The van der Waals surface area contributed by atoms with Crippen LogP contribution >= 0.6 is 30.4 Å². The van der Waals surface area contributed by atoms with Gasteiger partial charge in [-0.2, -0.15) is 0 Å². The highest BCUT2D eigenvalue weighted by Gasteiger charge is 2.20. The molecule has 194 valence electrons. The van der Waals surface area contributed by atoms with Crippen LogP contribution in [0.15, 0.2) is 36.4 Å². The van der Waals surface area contributed by atoms with E-state index in [2.05, 4.69) is 51.5 Å². The van der Waals surface area contributed by atoms with Crippen molar-refractivity contribution in [3.05, 3.63) is 45.6 Å². The van der Waals surface area contributed by atoms with Gasteiger partial charge in [0.1, 0.15) is 0 Å². The van der Waals surface area contributed by atoms with Gasteiger partial charge in [-0.3, -0.25) is 9.32 Å². The van der Waals surface area contributed by atoms with E-state index in [4.69, 9.17) is 9.79 Å². The molecule has 0 aromatic heterocycles. The predicted octanol–water partition coefficient (Wildman–Crippen LogP) is 7.08. The first-order valence-electron chi connectivity index (χ1n) is 12.7. The van der Waals surface area contributed by atoms with Crippen LogP contribution in [-0.2, 0) is 20.3 Å². The largest absolute Gasteiger partial charge is 0.469 e. The summed E-state index contributed by atoms with van der Waals surface area (Å²) in [5.41, 5.74) is 0.976. The molecule has 0 saturated heterocycles. The molecule has 0 bridgehead atoms. The first-order valence-corrected chi connectivity index (χ1v) is 15.3. The monoisotopic (exact) mass is 607 g/mol. The standard InChI is InChI=1S/C26H43INO5P/c1-2-3-4-5-6-7-8-9-10-11-12-13-14-15-16-26(29)28-25(22-33-34(30,31)32)21-23-17-19-24(27)20-18-23/h9-10,17-20,25H,2-8,11-16,21-22H2,1H3,(H,28,29)(H2,30,31,32)/b10-9-/t25-/m1/s1. The second kappa shape index (κ2) is 19.5. The Morgan fingerprint density at radius 2 is 1.53 bits per heavy atom. The SMILES string of the molecule is CCCCCCCC/C=C\CCCCCCC(=O)N[C@@H](COP(=O)(O)O)Cc1ccc(I)cc1. The lowest BCUT2D eigenvalue weighted by Gasteiger charge is -2.19. The summed E-state index contributed by atoms with van der Waals surface area (Å²) in [6.07, 6.45) is 19.8. The lowest BCUT2D eigenvalue weighted by Crippen LogP contribution is -2.39. The summed E-state index contributed by atoms with van der Waals surface area (Å²) in [5, 5.41) is 2.88. The second-order valence-electron chi connectivity index (χ2n) is 8.86. The van der Waals surface area contributed by atoms with Gasteiger partial charge >= 0.3 is 7.82 Å².